The number of hydrogen-bond acceptors (Lipinski definition) is 4. The van der Waals surface area contributed by atoms with E-state index >= 15 is 0 Å². The van der Waals surface area contributed by atoms with Crippen LogP contribution in [0.3, 0.4) is 0 Å². The molecule has 1 rings (SSSR count). The second-order valence-electron chi connectivity index (χ2n) is 4.00. The number of amides is 2. The van der Waals surface area contributed by atoms with Gasteiger partial charge in [0.15, 0.2) is 0 Å². The van der Waals surface area contributed by atoms with Gasteiger partial charge >= 0.3 is 0 Å². The Morgan fingerprint density at radius 2 is 2.19 bits per heavy atom. The number of carbonyl (C=O) groups is 2. The van der Waals surface area contributed by atoms with Crippen molar-refractivity contribution in [2.75, 3.05) is 13.2 Å². The maximum absolute atomic E-state index is 11.0. The van der Waals surface area contributed by atoms with E-state index in [1.807, 2.05) is 0 Å². The van der Waals surface area contributed by atoms with Crippen molar-refractivity contribution in [3.8, 4) is 0 Å². The van der Waals surface area contributed by atoms with E-state index in [2.05, 4.69) is 5.32 Å². The van der Waals surface area contributed by atoms with Gasteiger partial charge in [0, 0.05) is 6.61 Å². The van der Waals surface area contributed by atoms with Gasteiger partial charge in [-0.05, 0) is 25.8 Å². The van der Waals surface area contributed by atoms with E-state index in [1.165, 1.54) is 0 Å². The van der Waals surface area contributed by atoms with E-state index < -0.39 is 17.9 Å². The van der Waals surface area contributed by atoms with Gasteiger partial charge < -0.3 is 21.5 Å². The van der Waals surface area contributed by atoms with Gasteiger partial charge in [0.05, 0.1) is 18.6 Å². The zero-order chi connectivity index (χ0) is 12.0. The Morgan fingerprint density at radius 3 is 2.69 bits per heavy atom. The van der Waals surface area contributed by atoms with Crippen LogP contribution in [0.15, 0.2) is 0 Å². The molecular formula is C10H19N3O3. The molecule has 0 aliphatic carbocycles. The molecule has 0 aromatic carbocycles. The summed E-state index contributed by atoms with van der Waals surface area (Å²) in [5.41, 5.74) is 10.2. The summed E-state index contributed by atoms with van der Waals surface area (Å²) < 4.78 is 5.43. The molecule has 2 amide bonds. The summed E-state index contributed by atoms with van der Waals surface area (Å²) in [6.07, 6.45) is 3.17. The number of ether oxygens (including phenoxy) is 1. The molecule has 16 heavy (non-hydrogen) atoms. The molecule has 1 unspecified atom stereocenters. The lowest BCUT2D eigenvalue weighted by Gasteiger charge is -2.15. The predicted molar refractivity (Wildman–Crippen MR) is 58.4 cm³/mol. The lowest BCUT2D eigenvalue weighted by atomic mass is 10.1. The van der Waals surface area contributed by atoms with Gasteiger partial charge in [-0.25, -0.2) is 0 Å². The summed E-state index contributed by atoms with van der Waals surface area (Å²) in [6.45, 7) is 1.41. The molecular weight excluding hydrogens is 210 g/mol. The highest BCUT2D eigenvalue weighted by molar-refractivity contribution is 5.86. The summed E-state index contributed by atoms with van der Waals surface area (Å²) >= 11 is 0. The highest BCUT2D eigenvalue weighted by Crippen LogP contribution is 2.14. The van der Waals surface area contributed by atoms with Crippen molar-refractivity contribution in [3.05, 3.63) is 0 Å². The van der Waals surface area contributed by atoms with Gasteiger partial charge in [-0.3, -0.25) is 9.59 Å². The highest BCUT2D eigenvalue weighted by Gasteiger charge is 2.19. The fourth-order valence-electron chi connectivity index (χ4n) is 1.77. The van der Waals surface area contributed by atoms with E-state index in [0.717, 1.165) is 25.9 Å². The number of rotatable bonds is 7. The Labute approximate surface area is 94.7 Å². The molecule has 1 aliphatic rings. The summed E-state index contributed by atoms with van der Waals surface area (Å²) in [7, 11) is 0. The average Bonchev–Trinajstić information content (AvgIpc) is 2.68. The number of hydrogen-bond donors (Lipinski definition) is 3. The Kier molecular flexibility index (Phi) is 5.21. The van der Waals surface area contributed by atoms with Crippen LogP contribution in [0.4, 0.5) is 0 Å². The van der Waals surface area contributed by atoms with E-state index in [0.29, 0.717) is 6.54 Å². The van der Waals surface area contributed by atoms with Crippen molar-refractivity contribution in [3.63, 3.8) is 0 Å². The maximum atomic E-state index is 11.0. The molecule has 5 N–H and O–H groups in total. The Morgan fingerprint density at radius 1 is 1.44 bits per heavy atom. The predicted octanol–water partition coefficient (Wildman–Crippen LogP) is -1.13. The smallest absolute Gasteiger partial charge is 0.235 e. The largest absolute Gasteiger partial charge is 0.378 e. The topological polar surface area (TPSA) is 107 Å². The van der Waals surface area contributed by atoms with Crippen LogP contribution in [-0.4, -0.2) is 37.1 Å². The second kappa shape index (κ2) is 6.44. The molecule has 92 valence electrons. The average molecular weight is 229 g/mol. The summed E-state index contributed by atoms with van der Waals surface area (Å²) in [6, 6.07) is -0.668. The van der Waals surface area contributed by atoms with Crippen LogP contribution in [0.5, 0.6) is 0 Å². The molecule has 0 radical (unpaired) electrons. The van der Waals surface area contributed by atoms with Crippen molar-refractivity contribution < 1.29 is 14.3 Å². The number of primary amides is 2. The minimum Gasteiger partial charge on any atom is -0.378 e. The third-order valence-corrected chi connectivity index (χ3v) is 2.63. The summed E-state index contributed by atoms with van der Waals surface area (Å²) in [5.74, 6) is -1.08. The van der Waals surface area contributed by atoms with Gasteiger partial charge in [0.1, 0.15) is 0 Å². The number of nitrogens with two attached hydrogens (primary N) is 2. The quantitative estimate of drug-likeness (QED) is 0.513. The van der Waals surface area contributed by atoms with Crippen LogP contribution in [0.1, 0.15) is 25.7 Å². The molecule has 0 bridgehead atoms. The van der Waals surface area contributed by atoms with Crippen molar-refractivity contribution in [1.29, 1.82) is 0 Å². The van der Waals surface area contributed by atoms with Crippen LogP contribution in [0.2, 0.25) is 0 Å². The monoisotopic (exact) mass is 229 g/mol. The van der Waals surface area contributed by atoms with Gasteiger partial charge in [0.25, 0.3) is 0 Å². The summed E-state index contributed by atoms with van der Waals surface area (Å²) in [5, 5.41) is 2.92. The molecule has 0 spiro atoms. The van der Waals surface area contributed by atoms with Gasteiger partial charge in [0.2, 0.25) is 11.8 Å². The molecule has 0 saturated carbocycles. The van der Waals surface area contributed by atoms with Gasteiger partial charge in [-0.1, -0.05) is 0 Å². The Bertz CT molecular complexity index is 252. The lowest BCUT2D eigenvalue weighted by Crippen LogP contribution is -2.44. The first-order valence-corrected chi connectivity index (χ1v) is 5.52. The highest BCUT2D eigenvalue weighted by atomic mass is 16.5. The lowest BCUT2D eigenvalue weighted by molar-refractivity contribution is -0.125. The SMILES string of the molecule is NC(=O)C[C@H](NCCC1CCCO1)C(N)=O. The molecule has 2 atom stereocenters. The first kappa shape index (κ1) is 12.9. The van der Waals surface area contributed by atoms with Gasteiger partial charge in [-0.2, -0.15) is 0 Å². The molecule has 1 heterocycles. The molecule has 6 heteroatoms. The first-order chi connectivity index (χ1) is 7.59. The van der Waals surface area contributed by atoms with Crippen LogP contribution < -0.4 is 16.8 Å². The molecule has 1 saturated heterocycles. The number of carbonyl (C=O) groups excluding carboxylic acids is 2. The molecule has 1 aliphatic heterocycles. The Hall–Kier alpha value is -1.14. The van der Waals surface area contributed by atoms with Crippen molar-refractivity contribution in [1.82, 2.24) is 5.32 Å². The zero-order valence-corrected chi connectivity index (χ0v) is 9.28. The van der Waals surface area contributed by atoms with Crippen LogP contribution in [0.25, 0.3) is 0 Å². The Balaban J connectivity index is 2.21. The van der Waals surface area contributed by atoms with Crippen molar-refractivity contribution in [2.45, 2.75) is 37.8 Å². The third-order valence-electron chi connectivity index (χ3n) is 2.63. The third kappa shape index (κ3) is 4.59. The molecule has 0 aromatic heterocycles. The standard InChI is InChI=1S/C10H19N3O3/c11-9(14)6-8(10(12)15)13-4-3-7-2-1-5-16-7/h7-8,13H,1-6H2,(H2,11,14)(H2,12,15)/t7?,8-/m0/s1. The zero-order valence-electron chi connectivity index (χ0n) is 9.28. The normalized spacial score (nSPS) is 21.9. The minimum atomic E-state index is -0.668. The van der Waals surface area contributed by atoms with Crippen LogP contribution in [-0.2, 0) is 14.3 Å². The van der Waals surface area contributed by atoms with Crippen LogP contribution >= 0.6 is 0 Å². The molecule has 1 fully saturated rings. The van der Waals surface area contributed by atoms with Crippen LogP contribution in [0, 0.1) is 0 Å². The van der Waals surface area contributed by atoms with E-state index in [1.54, 1.807) is 0 Å². The van der Waals surface area contributed by atoms with E-state index in [9.17, 15) is 9.59 Å². The fourth-order valence-corrected chi connectivity index (χ4v) is 1.77. The maximum Gasteiger partial charge on any atom is 0.235 e. The second-order valence-corrected chi connectivity index (χ2v) is 4.00. The van der Waals surface area contributed by atoms with E-state index in [4.69, 9.17) is 16.2 Å². The molecule has 0 aromatic rings. The van der Waals surface area contributed by atoms with Gasteiger partial charge in [-0.15, -0.1) is 0 Å². The summed E-state index contributed by atoms with van der Waals surface area (Å²) in [4.78, 5) is 21.7. The minimum absolute atomic E-state index is 0.0547. The number of nitrogens with one attached hydrogen (secondary N) is 1. The first-order valence-electron chi connectivity index (χ1n) is 5.52. The molecule has 6 nitrogen and oxygen atoms in total. The fraction of sp³-hybridized carbons (Fsp3) is 0.800. The van der Waals surface area contributed by atoms with E-state index in [-0.39, 0.29) is 12.5 Å². The van der Waals surface area contributed by atoms with Crippen molar-refractivity contribution >= 4 is 11.8 Å². The van der Waals surface area contributed by atoms with Crippen molar-refractivity contribution in [2.24, 2.45) is 11.5 Å².